The van der Waals surface area contributed by atoms with Gasteiger partial charge in [0.2, 0.25) is 5.28 Å². The van der Waals surface area contributed by atoms with E-state index in [0.29, 0.717) is 27.0 Å². The van der Waals surface area contributed by atoms with Gasteiger partial charge < -0.3 is 14.8 Å². The Bertz CT molecular complexity index is 1050. The minimum Gasteiger partial charge on any atom is -0.361 e. The molecule has 0 atom stereocenters. The first kappa shape index (κ1) is 20.7. The summed E-state index contributed by atoms with van der Waals surface area (Å²) in [5, 5.41) is 4.00. The van der Waals surface area contributed by atoms with E-state index in [4.69, 9.17) is 11.6 Å². The summed E-state index contributed by atoms with van der Waals surface area (Å²) in [7, 11) is 1.21. The van der Waals surface area contributed by atoms with Gasteiger partial charge in [-0.3, -0.25) is 4.98 Å². The van der Waals surface area contributed by atoms with Gasteiger partial charge in [0, 0.05) is 31.2 Å². The Morgan fingerprint density at radius 2 is 1.86 bits per heavy atom. The highest BCUT2D eigenvalue weighted by molar-refractivity contribution is 9.10. The highest BCUT2D eigenvalue weighted by atomic mass is 79.9. The fourth-order valence-corrected chi connectivity index (χ4v) is 4.09. The zero-order valence-electron chi connectivity index (χ0n) is 15.8. The summed E-state index contributed by atoms with van der Waals surface area (Å²) < 4.78 is 13.6. The maximum atomic E-state index is 13.0. The first-order chi connectivity index (χ1) is 13.1. The van der Waals surface area contributed by atoms with E-state index in [1.807, 2.05) is 37.2 Å². The molecule has 10 heteroatoms. The molecule has 2 aromatic heterocycles. The lowest BCUT2D eigenvalue weighted by atomic mass is 10.1. The summed E-state index contributed by atoms with van der Waals surface area (Å²) in [6.07, 6.45) is 4.97. The third kappa shape index (κ3) is 4.69. The number of hydrogen-bond acceptors (Lipinski definition) is 7. The van der Waals surface area contributed by atoms with Crippen LogP contribution >= 0.6 is 34.7 Å². The third-order valence-corrected chi connectivity index (χ3v) is 6.23. The van der Waals surface area contributed by atoms with Crippen molar-refractivity contribution in [3.05, 3.63) is 46.5 Å². The number of aromatic nitrogens is 4. The van der Waals surface area contributed by atoms with Crippen molar-refractivity contribution in [2.45, 2.75) is 0 Å². The largest absolute Gasteiger partial charge is 0.361 e. The highest BCUT2D eigenvalue weighted by Gasteiger charge is 2.19. The Labute approximate surface area is 177 Å². The quantitative estimate of drug-likeness (QED) is 0.427. The van der Waals surface area contributed by atoms with Gasteiger partial charge in [0.1, 0.15) is 18.8 Å². The molecule has 0 aliphatic heterocycles. The molecule has 0 saturated carbocycles. The van der Waals surface area contributed by atoms with Crippen molar-refractivity contribution in [1.82, 2.24) is 19.9 Å². The van der Waals surface area contributed by atoms with Crippen LogP contribution in [0, 0.1) is 0 Å². The molecule has 1 N–H and O–H groups in total. The van der Waals surface area contributed by atoms with Gasteiger partial charge in [0.25, 0.3) is 0 Å². The highest BCUT2D eigenvalue weighted by Crippen LogP contribution is 2.40. The maximum absolute atomic E-state index is 13.0. The molecule has 0 bridgehead atoms. The number of rotatable bonds is 5. The maximum Gasteiger partial charge on any atom is 0.224 e. The summed E-state index contributed by atoms with van der Waals surface area (Å²) in [5.41, 5.74) is 2.23. The van der Waals surface area contributed by atoms with Gasteiger partial charge in [0.05, 0.1) is 28.2 Å². The van der Waals surface area contributed by atoms with Crippen LogP contribution in [-0.2, 0) is 4.57 Å². The summed E-state index contributed by atoms with van der Waals surface area (Å²) >= 11 is 9.29. The number of benzene rings is 1. The topological polar surface area (TPSA) is 83.9 Å². The number of anilines is 3. The van der Waals surface area contributed by atoms with Crippen LogP contribution in [0.2, 0.25) is 5.28 Å². The predicted molar refractivity (Wildman–Crippen MR) is 119 cm³/mol. The van der Waals surface area contributed by atoms with E-state index in [1.54, 1.807) is 31.9 Å². The van der Waals surface area contributed by atoms with Crippen molar-refractivity contribution in [2.75, 3.05) is 37.6 Å². The van der Waals surface area contributed by atoms with Gasteiger partial charge in [0.15, 0.2) is 0 Å². The number of hydrogen-bond donors (Lipinski definition) is 1. The molecule has 0 spiro atoms. The first-order valence-electron chi connectivity index (χ1n) is 8.29. The summed E-state index contributed by atoms with van der Waals surface area (Å²) in [6.45, 7) is 3.44. The number of halogens is 2. The van der Waals surface area contributed by atoms with E-state index < -0.39 is 7.14 Å². The molecule has 0 amide bonds. The van der Waals surface area contributed by atoms with Crippen LogP contribution in [0.4, 0.5) is 17.3 Å². The molecule has 3 rings (SSSR count). The Hall–Kier alpha value is -2.02. The fourth-order valence-electron chi connectivity index (χ4n) is 2.50. The van der Waals surface area contributed by atoms with Crippen LogP contribution in [0.5, 0.6) is 0 Å². The van der Waals surface area contributed by atoms with E-state index in [0.717, 1.165) is 11.4 Å². The second-order valence-electron chi connectivity index (χ2n) is 6.70. The van der Waals surface area contributed by atoms with Gasteiger partial charge in [-0.05, 0) is 53.0 Å². The summed E-state index contributed by atoms with van der Waals surface area (Å²) in [6, 6.07) is 5.63. The molecule has 7 nitrogen and oxygen atoms in total. The van der Waals surface area contributed by atoms with Crippen LogP contribution in [0.25, 0.3) is 11.3 Å². The van der Waals surface area contributed by atoms with Crippen molar-refractivity contribution in [3.63, 3.8) is 0 Å². The second-order valence-corrected chi connectivity index (χ2v) is 11.1. The Morgan fingerprint density at radius 1 is 1.11 bits per heavy atom. The average Bonchev–Trinajstić information content (AvgIpc) is 2.64. The molecule has 0 radical (unpaired) electrons. The fraction of sp³-hybridized carbons (Fsp3) is 0.222. The molecule has 0 fully saturated rings. The van der Waals surface area contributed by atoms with E-state index in [-0.39, 0.29) is 5.28 Å². The lowest BCUT2D eigenvalue weighted by molar-refractivity contribution is 0.588. The Morgan fingerprint density at radius 3 is 2.46 bits per heavy atom. The summed E-state index contributed by atoms with van der Waals surface area (Å²) in [4.78, 5) is 18.8. The van der Waals surface area contributed by atoms with E-state index in [9.17, 15) is 4.57 Å². The van der Waals surface area contributed by atoms with Crippen LogP contribution in [-0.4, -0.2) is 47.4 Å². The zero-order chi connectivity index (χ0) is 20.5. The van der Waals surface area contributed by atoms with Gasteiger partial charge in [-0.1, -0.05) is 6.07 Å². The number of nitrogens with one attached hydrogen (secondary N) is 1. The molecule has 28 heavy (non-hydrogen) atoms. The van der Waals surface area contributed by atoms with Gasteiger partial charge in [-0.25, -0.2) is 9.97 Å². The zero-order valence-corrected chi connectivity index (χ0v) is 19.0. The molecule has 0 unspecified atom stereocenters. The molecule has 0 aliphatic carbocycles. The standard InChI is InChI=1S/C18H19BrClN6OP/c1-26(2)16-10-21-14(9-22-16)11-5-6-13(15(7-11)28(3,4)27)24-17-12(19)8-23-18(20)25-17/h5-10H,1-4H3,(H,23,24,25). The van der Waals surface area contributed by atoms with Crippen molar-refractivity contribution >= 4 is 57.3 Å². The Balaban J connectivity index is 2.03. The van der Waals surface area contributed by atoms with E-state index in [1.165, 1.54) is 0 Å². The van der Waals surface area contributed by atoms with Crippen LogP contribution in [0.3, 0.4) is 0 Å². The molecular formula is C18H19BrClN6OP. The smallest absolute Gasteiger partial charge is 0.224 e. The minimum atomic E-state index is -2.60. The van der Waals surface area contributed by atoms with Crippen LogP contribution < -0.4 is 15.5 Å². The lowest BCUT2D eigenvalue weighted by Gasteiger charge is -2.17. The van der Waals surface area contributed by atoms with Crippen molar-refractivity contribution in [2.24, 2.45) is 0 Å². The van der Waals surface area contributed by atoms with Gasteiger partial charge in [-0.15, -0.1) is 0 Å². The minimum absolute atomic E-state index is 0.122. The van der Waals surface area contributed by atoms with Crippen LogP contribution in [0.1, 0.15) is 0 Å². The molecule has 0 saturated heterocycles. The molecule has 1 aromatic carbocycles. The first-order valence-corrected chi connectivity index (χ1v) is 12.1. The molecule has 0 aliphatic rings. The van der Waals surface area contributed by atoms with E-state index >= 15 is 0 Å². The van der Waals surface area contributed by atoms with Crippen molar-refractivity contribution < 1.29 is 4.57 Å². The molecule has 2 heterocycles. The monoisotopic (exact) mass is 480 g/mol. The van der Waals surface area contributed by atoms with Gasteiger partial charge >= 0.3 is 0 Å². The summed E-state index contributed by atoms with van der Waals surface area (Å²) in [5.74, 6) is 1.27. The van der Waals surface area contributed by atoms with Crippen molar-refractivity contribution in [1.29, 1.82) is 0 Å². The third-order valence-electron chi connectivity index (χ3n) is 3.94. The van der Waals surface area contributed by atoms with Gasteiger partial charge in [-0.2, -0.15) is 4.98 Å². The lowest BCUT2D eigenvalue weighted by Crippen LogP contribution is -2.12. The SMILES string of the molecule is CN(C)c1cnc(-c2ccc(Nc3nc(Cl)ncc3Br)c(P(C)(C)=O)c2)cn1. The predicted octanol–water partition coefficient (Wildman–Crippen LogP) is 4.41. The van der Waals surface area contributed by atoms with E-state index in [2.05, 4.69) is 41.2 Å². The molecule has 146 valence electrons. The molecular weight excluding hydrogens is 463 g/mol. The molecule has 3 aromatic rings. The Kier molecular flexibility index (Phi) is 6.03. The normalized spacial score (nSPS) is 11.4. The number of nitrogens with zero attached hydrogens (tertiary/aromatic N) is 5. The van der Waals surface area contributed by atoms with Crippen molar-refractivity contribution in [3.8, 4) is 11.3 Å². The average molecular weight is 482 g/mol. The van der Waals surface area contributed by atoms with Crippen LogP contribution in [0.15, 0.2) is 41.3 Å². The second kappa shape index (κ2) is 8.15.